The van der Waals surface area contributed by atoms with E-state index in [-0.39, 0.29) is 11.7 Å². The molecule has 1 heterocycles. The van der Waals surface area contributed by atoms with Crippen molar-refractivity contribution in [1.82, 2.24) is 14.8 Å². The van der Waals surface area contributed by atoms with Crippen molar-refractivity contribution < 1.29 is 19.0 Å². The molecule has 0 bridgehead atoms. The fourth-order valence-electron chi connectivity index (χ4n) is 3.47. The van der Waals surface area contributed by atoms with Gasteiger partial charge in [-0.3, -0.25) is 9.36 Å². The van der Waals surface area contributed by atoms with Crippen LogP contribution in [0.15, 0.2) is 78.0 Å². The van der Waals surface area contributed by atoms with E-state index in [0.29, 0.717) is 34.8 Å². The Morgan fingerprint density at radius 1 is 0.943 bits per heavy atom. The van der Waals surface area contributed by atoms with Crippen LogP contribution >= 0.6 is 11.8 Å². The maximum absolute atomic E-state index is 12.7. The highest BCUT2D eigenvalue weighted by molar-refractivity contribution is 7.99. The summed E-state index contributed by atoms with van der Waals surface area (Å²) in [6.45, 7) is 2.54. The Morgan fingerprint density at radius 2 is 1.69 bits per heavy atom. The second-order valence-electron chi connectivity index (χ2n) is 7.34. The summed E-state index contributed by atoms with van der Waals surface area (Å²) in [7, 11) is 3.12. The summed E-state index contributed by atoms with van der Waals surface area (Å²) in [5.41, 5.74) is 2.42. The first-order chi connectivity index (χ1) is 17.1. The lowest BCUT2D eigenvalue weighted by molar-refractivity contribution is -0.113. The molecule has 0 aliphatic heterocycles. The van der Waals surface area contributed by atoms with Crippen molar-refractivity contribution in [3.63, 3.8) is 0 Å². The van der Waals surface area contributed by atoms with Gasteiger partial charge >= 0.3 is 0 Å². The van der Waals surface area contributed by atoms with E-state index in [1.807, 2.05) is 66.1 Å². The third-order valence-electron chi connectivity index (χ3n) is 5.07. The van der Waals surface area contributed by atoms with Crippen LogP contribution in [0.1, 0.15) is 6.92 Å². The van der Waals surface area contributed by atoms with E-state index in [9.17, 15) is 4.79 Å². The standard InChI is InChI=1S/C26H26N4O4S/c1-4-34-21-13-11-20(12-14-21)30-25(18-8-6-5-7-9-18)28-29-26(30)35-17-24(31)27-19-10-15-22(32-2)23(16-19)33-3/h5-16H,4,17H2,1-3H3,(H,27,31). The van der Waals surface area contributed by atoms with Gasteiger partial charge in [-0.1, -0.05) is 42.1 Å². The van der Waals surface area contributed by atoms with Crippen molar-refractivity contribution in [2.24, 2.45) is 0 Å². The Balaban J connectivity index is 1.55. The minimum absolute atomic E-state index is 0.151. The lowest BCUT2D eigenvalue weighted by Gasteiger charge is -2.12. The van der Waals surface area contributed by atoms with Gasteiger partial charge in [0.25, 0.3) is 0 Å². The Kier molecular flexibility index (Phi) is 7.89. The SMILES string of the molecule is CCOc1ccc(-n2c(SCC(=O)Nc3ccc(OC)c(OC)c3)nnc2-c2ccccc2)cc1. The summed E-state index contributed by atoms with van der Waals surface area (Å²) < 4.78 is 18.1. The normalized spacial score (nSPS) is 10.6. The third kappa shape index (κ3) is 5.75. The van der Waals surface area contributed by atoms with Gasteiger partial charge < -0.3 is 19.5 Å². The quantitative estimate of drug-likeness (QED) is 0.310. The summed E-state index contributed by atoms with van der Waals surface area (Å²) >= 11 is 1.31. The van der Waals surface area contributed by atoms with Crippen LogP contribution in [-0.2, 0) is 4.79 Å². The Morgan fingerprint density at radius 3 is 2.37 bits per heavy atom. The monoisotopic (exact) mass is 490 g/mol. The molecule has 1 N–H and O–H groups in total. The zero-order valence-electron chi connectivity index (χ0n) is 19.7. The van der Waals surface area contributed by atoms with Gasteiger partial charge in [0.05, 0.1) is 26.6 Å². The molecule has 0 saturated heterocycles. The highest BCUT2D eigenvalue weighted by atomic mass is 32.2. The summed E-state index contributed by atoms with van der Waals surface area (Å²) in [5.74, 6) is 2.59. The van der Waals surface area contributed by atoms with Gasteiger partial charge in [0.2, 0.25) is 5.91 Å². The highest BCUT2D eigenvalue weighted by Gasteiger charge is 2.18. The maximum Gasteiger partial charge on any atom is 0.234 e. The number of thioether (sulfide) groups is 1. The highest BCUT2D eigenvalue weighted by Crippen LogP contribution is 2.31. The predicted molar refractivity (Wildman–Crippen MR) is 137 cm³/mol. The van der Waals surface area contributed by atoms with Gasteiger partial charge in [0, 0.05) is 23.0 Å². The number of nitrogens with one attached hydrogen (secondary N) is 1. The van der Waals surface area contributed by atoms with Crippen molar-refractivity contribution in [3.8, 4) is 34.3 Å². The average Bonchev–Trinajstić information content (AvgIpc) is 3.32. The number of ether oxygens (including phenoxy) is 3. The fourth-order valence-corrected chi connectivity index (χ4v) is 4.22. The first kappa shape index (κ1) is 24.2. The lowest BCUT2D eigenvalue weighted by atomic mass is 10.2. The number of amides is 1. The molecule has 4 rings (SSSR count). The van der Waals surface area contributed by atoms with Crippen molar-refractivity contribution >= 4 is 23.4 Å². The third-order valence-corrected chi connectivity index (χ3v) is 6.00. The van der Waals surface area contributed by atoms with Gasteiger partial charge in [0.1, 0.15) is 5.75 Å². The molecule has 3 aromatic carbocycles. The largest absolute Gasteiger partial charge is 0.494 e. The van der Waals surface area contributed by atoms with Gasteiger partial charge in [-0.05, 0) is 43.3 Å². The topological polar surface area (TPSA) is 87.5 Å². The van der Waals surface area contributed by atoms with E-state index in [0.717, 1.165) is 17.0 Å². The first-order valence-electron chi connectivity index (χ1n) is 11.0. The number of rotatable bonds is 10. The van der Waals surface area contributed by atoms with Crippen molar-refractivity contribution in [3.05, 3.63) is 72.8 Å². The molecular weight excluding hydrogens is 464 g/mol. The molecular formula is C26H26N4O4S. The minimum atomic E-state index is -0.176. The van der Waals surface area contributed by atoms with E-state index in [4.69, 9.17) is 14.2 Å². The Hall–Kier alpha value is -3.98. The Labute approximate surface area is 208 Å². The van der Waals surface area contributed by atoms with Crippen LogP contribution < -0.4 is 19.5 Å². The summed E-state index contributed by atoms with van der Waals surface area (Å²) in [5, 5.41) is 12.3. The maximum atomic E-state index is 12.7. The molecule has 8 nitrogen and oxygen atoms in total. The second kappa shape index (κ2) is 11.4. The molecule has 0 aliphatic rings. The molecule has 1 aromatic heterocycles. The summed E-state index contributed by atoms with van der Waals surface area (Å²) in [4.78, 5) is 12.7. The lowest BCUT2D eigenvalue weighted by Crippen LogP contribution is -2.14. The molecule has 0 fully saturated rings. The van der Waals surface area contributed by atoms with Gasteiger partial charge in [-0.2, -0.15) is 0 Å². The molecule has 180 valence electrons. The summed E-state index contributed by atoms with van der Waals surface area (Å²) in [6.07, 6.45) is 0. The van der Waals surface area contributed by atoms with Crippen LogP contribution in [0.25, 0.3) is 17.1 Å². The number of benzene rings is 3. The zero-order chi connectivity index (χ0) is 24.6. The summed E-state index contributed by atoms with van der Waals surface area (Å²) in [6, 6.07) is 22.8. The fraction of sp³-hybridized carbons (Fsp3) is 0.192. The van der Waals surface area contributed by atoms with E-state index in [2.05, 4.69) is 15.5 Å². The number of anilines is 1. The van der Waals surface area contributed by atoms with Crippen LogP contribution in [0.3, 0.4) is 0 Å². The minimum Gasteiger partial charge on any atom is -0.494 e. The van der Waals surface area contributed by atoms with E-state index < -0.39 is 0 Å². The molecule has 1 amide bonds. The molecule has 4 aromatic rings. The predicted octanol–water partition coefficient (Wildman–Crippen LogP) is 5.08. The van der Waals surface area contributed by atoms with Crippen molar-refractivity contribution in [1.29, 1.82) is 0 Å². The number of aromatic nitrogens is 3. The van der Waals surface area contributed by atoms with E-state index in [1.54, 1.807) is 32.4 Å². The van der Waals surface area contributed by atoms with Gasteiger partial charge in [-0.25, -0.2) is 0 Å². The Bertz CT molecular complexity index is 1280. The zero-order valence-corrected chi connectivity index (χ0v) is 20.5. The molecule has 0 saturated carbocycles. The van der Waals surface area contributed by atoms with Crippen LogP contribution in [0, 0.1) is 0 Å². The molecule has 0 unspecified atom stereocenters. The molecule has 9 heteroatoms. The van der Waals surface area contributed by atoms with E-state index in [1.165, 1.54) is 11.8 Å². The number of carbonyl (C=O) groups excluding carboxylic acids is 1. The smallest absolute Gasteiger partial charge is 0.234 e. The number of hydrogen-bond acceptors (Lipinski definition) is 7. The number of hydrogen-bond donors (Lipinski definition) is 1. The average molecular weight is 491 g/mol. The van der Waals surface area contributed by atoms with Gasteiger partial charge in [-0.15, -0.1) is 10.2 Å². The number of nitrogens with zero attached hydrogens (tertiary/aromatic N) is 3. The number of carbonyl (C=O) groups is 1. The number of methoxy groups -OCH3 is 2. The van der Waals surface area contributed by atoms with Crippen molar-refractivity contribution in [2.75, 3.05) is 31.9 Å². The molecule has 0 spiro atoms. The molecule has 35 heavy (non-hydrogen) atoms. The molecule has 0 aliphatic carbocycles. The van der Waals surface area contributed by atoms with Gasteiger partial charge in [0.15, 0.2) is 22.5 Å². The van der Waals surface area contributed by atoms with Crippen LogP contribution in [0.5, 0.6) is 17.2 Å². The molecule has 0 atom stereocenters. The second-order valence-corrected chi connectivity index (χ2v) is 8.28. The van der Waals surface area contributed by atoms with E-state index >= 15 is 0 Å². The van der Waals surface area contributed by atoms with Crippen LogP contribution in [-0.4, -0.2) is 47.3 Å². The van der Waals surface area contributed by atoms with Crippen LogP contribution in [0.4, 0.5) is 5.69 Å². The van der Waals surface area contributed by atoms with Crippen molar-refractivity contribution in [2.45, 2.75) is 12.1 Å². The molecule has 0 radical (unpaired) electrons. The van der Waals surface area contributed by atoms with Crippen LogP contribution in [0.2, 0.25) is 0 Å². The first-order valence-corrected chi connectivity index (χ1v) is 12.0.